The lowest BCUT2D eigenvalue weighted by atomic mass is 9.95. The van der Waals surface area contributed by atoms with E-state index in [1.807, 2.05) is 12.1 Å². The zero-order valence-electron chi connectivity index (χ0n) is 11.1. The molecule has 1 aromatic heterocycles. The molecule has 1 N–H and O–H groups in total. The van der Waals surface area contributed by atoms with Crippen molar-refractivity contribution in [3.63, 3.8) is 0 Å². The van der Waals surface area contributed by atoms with Crippen LogP contribution in [-0.2, 0) is 5.41 Å². The van der Waals surface area contributed by atoms with Crippen LogP contribution in [0.4, 0.5) is 4.39 Å². The number of thiophene rings is 1. The summed E-state index contributed by atoms with van der Waals surface area (Å²) in [6.45, 7) is 6.31. The Bertz CT molecular complexity index is 566. The van der Waals surface area contributed by atoms with Gasteiger partial charge in [0.2, 0.25) is 0 Å². The van der Waals surface area contributed by atoms with Crippen LogP contribution in [0.2, 0.25) is 5.02 Å². The molecule has 1 aromatic carbocycles. The van der Waals surface area contributed by atoms with E-state index in [4.69, 9.17) is 11.6 Å². The Balaban J connectivity index is 2.40. The third-order valence-corrected chi connectivity index (χ3v) is 4.80. The fourth-order valence-corrected chi connectivity index (χ4v) is 3.15. The second-order valence-electron chi connectivity index (χ2n) is 5.49. The van der Waals surface area contributed by atoms with Crippen molar-refractivity contribution in [1.29, 1.82) is 0 Å². The molecule has 0 saturated carbocycles. The van der Waals surface area contributed by atoms with Crippen LogP contribution in [-0.4, -0.2) is 5.11 Å². The van der Waals surface area contributed by atoms with Gasteiger partial charge < -0.3 is 5.11 Å². The Kier molecular flexibility index (Phi) is 4.00. The van der Waals surface area contributed by atoms with E-state index in [1.54, 1.807) is 6.07 Å². The molecule has 0 bridgehead atoms. The smallest absolute Gasteiger partial charge is 0.130 e. The summed E-state index contributed by atoms with van der Waals surface area (Å²) >= 11 is 7.46. The van der Waals surface area contributed by atoms with E-state index in [1.165, 1.54) is 23.5 Å². The van der Waals surface area contributed by atoms with Crippen molar-refractivity contribution in [1.82, 2.24) is 0 Å². The van der Waals surface area contributed by atoms with Gasteiger partial charge in [0, 0.05) is 20.3 Å². The lowest BCUT2D eigenvalue weighted by Crippen LogP contribution is -2.08. The minimum atomic E-state index is -1.02. The van der Waals surface area contributed by atoms with E-state index in [9.17, 15) is 9.50 Å². The molecule has 0 fully saturated rings. The molecule has 1 heterocycles. The number of hydrogen-bond donors (Lipinski definition) is 1. The molecule has 0 aliphatic carbocycles. The second-order valence-corrected chi connectivity index (χ2v) is 7.01. The van der Waals surface area contributed by atoms with Crippen molar-refractivity contribution >= 4 is 22.9 Å². The standard InChI is InChI=1S/C15H16ClFOS/c1-15(2,3)12-8-7-11(19-12)14(18)13-9(16)5-4-6-10(13)17/h4-8,14,18H,1-3H3. The fourth-order valence-electron chi connectivity index (χ4n) is 1.82. The van der Waals surface area contributed by atoms with E-state index in [0.717, 1.165) is 4.88 Å². The zero-order valence-corrected chi connectivity index (χ0v) is 12.6. The van der Waals surface area contributed by atoms with E-state index in [0.29, 0.717) is 4.88 Å². The quantitative estimate of drug-likeness (QED) is 0.834. The minimum absolute atomic E-state index is 0.0155. The second kappa shape index (κ2) is 5.23. The zero-order chi connectivity index (χ0) is 14.2. The molecule has 2 aromatic rings. The molecule has 1 unspecified atom stereocenters. The van der Waals surface area contributed by atoms with Gasteiger partial charge in [-0.3, -0.25) is 0 Å². The first-order valence-corrected chi connectivity index (χ1v) is 7.22. The first-order chi connectivity index (χ1) is 8.80. The number of halogens is 2. The summed E-state index contributed by atoms with van der Waals surface area (Å²) in [7, 11) is 0. The fraction of sp³-hybridized carbons (Fsp3) is 0.333. The molecule has 0 radical (unpaired) electrons. The number of benzene rings is 1. The van der Waals surface area contributed by atoms with Crippen molar-refractivity contribution in [2.24, 2.45) is 0 Å². The highest BCUT2D eigenvalue weighted by atomic mass is 35.5. The highest BCUT2D eigenvalue weighted by molar-refractivity contribution is 7.12. The van der Waals surface area contributed by atoms with Crippen LogP contribution >= 0.6 is 22.9 Å². The number of hydrogen-bond acceptors (Lipinski definition) is 2. The maximum atomic E-state index is 13.8. The predicted octanol–water partition coefficient (Wildman–Crippen LogP) is 4.92. The molecule has 102 valence electrons. The Hall–Kier alpha value is -0.900. The maximum Gasteiger partial charge on any atom is 0.130 e. The van der Waals surface area contributed by atoms with Crippen LogP contribution in [0, 0.1) is 5.82 Å². The third-order valence-electron chi connectivity index (χ3n) is 2.91. The van der Waals surface area contributed by atoms with Gasteiger partial charge in [0.1, 0.15) is 11.9 Å². The summed E-state index contributed by atoms with van der Waals surface area (Å²) in [4.78, 5) is 1.85. The van der Waals surface area contributed by atoms with Crippen LogP contribution in [0.1, 0.15) is 42.2 Å². The number of rotatable bonds is 2. The molecule has 1 atom stereocenters. The first kappa shape index (κ1) is 14.5. The average molecular weight is 299 g/mol. The molecular formula is C15H16ClFOS. The van der Waals surface area contributed by atoms with Crippen molar-refractivity contribution < 1.29 is 9.50 Å². The van der Waals surface area contributed by atoms with Crippen molar-refractivity contribution in [2.75, 3.05) is 0 Å². The van der Waals surface area contributed by atoms with Crippen molar-refractivity contribution in [3.05, 3.63) is 56.5 Å². The van der Waals surface area contributed by atoms with Gasteiger partial charge in [-0.15, -0.1) is 11.3 Å². The lowest BCUT2D eigenvalue weighted by molar-refractivity contribution is 0.219. The molecule has 19 heavy (non-hydrogen) atoms. The van der Waals surface area contributed by atoms with Crippen molar-refractivity contribution in [2.45, 2.75) is 32.3 Å². The largest absolute Gasteiger partial charge is 0.383 e. The lowest BCUT2D eigenvalue weighted by Gasteiger charge is -2.16. The van der Waals surface area contributed by atoms with E-state index >= 15 is 0 Å². The Morgan fingerprint density at radius 3 is 2.42 bits per heavy atom. The van der Waals surface area contributed by atoms with E-state index in [2.05, 4.69) is 20.8 Å². The molecule has 4 heteroatoms. The van der Waals surface area contributed by atoms with Gasteiger partial charge in [-0.2, -0.15) is 0 Å². The van der Waals surface area contributed by atoms with Crippen LogP contribution in [0.25, 0.3) is 0 Å². The molecular weight excluding hydrogens is 283 g/mol. The summed E-state index contributed by atoms with van der Waals surface area (Å²) < 4.78 is 13.8. The molecule has 1 nitrogen and oxygen atoms in total. The minimum Gasteiger partial charge on any atom is -0.383 e. The van der Waals surface area contributed by atoms with E-state index < -0.39 is 11.9 Å². The van der Waals surface area contributed by atoms with Crippen LogP contribution < -0.4 is 0 Å². The summed E-state index contributed by atoms with van der Waals surface area (Å²) in [5.74, 6) is -0.481. The van der Waals surface area contributed by atoms with Gasteiger partial charge in [-0.1, -0.05) is 38.4 Å². The van der Waals surface area contributed by atoms with Crippen LogP contribution in [0.5, 0.6) is 0 Å². The monoisotopic (exact) mass is 298 g/mol. The topological polar surface area (TPSA) is 20.2 Å². The predicted molar refractivity (Wildman–Crippen MR) is 78.5 cm³/mol. The average Bonchev–Trinajstić information content (AvgIpc) is 2.77. The van der Waals surface area contributed by atoms with Gasteiger partial charge in [0.05, 0.1) is 0 Å². The molecule has 0 amide bonds. The third kappa shape index (κ3) is 2.99. The summed E-state index contributed by atoms with van der Waals surface area (Å²) in [6, 6.07) is 8.23. The van der Waals surface area contributed by atoms with Crippen molar-refractivity contribution in [3.8, 4) is 0 Å². The highest BCUT2D eigenvalue weighted by Crippen LogP contribution is 2.37. The highest BCUT2D eigenvalue weighted by Gasteiger charge is 2.23. The van der Waals surface area contributed by atoms with Gasteiger partial charge in [0.25, 0.3) is 0 Å². The summed E-state index contributed by atoms with van der Waals surface area (Å²) in [6.07, 6.45) is -1.02. The molecule has 0 saturated heterocycles. The van der Waals surface area contributed by atoms with Crippen LogP contribution in [0.3, 0.4) is 0 Å². The van der Waals surface area contributed by atoms with Crippen LogP contribution in [0.15, 0.2) is 30.3 Å². The van der Waals surface area contributed by atoms with Gasteiger partial charge in [0.15, 0.2) is 0 Å². The number of aliphatic hydroxyl groups excluding tert-OH is 1. The van der Waals surface area contributed by atoms with Gasteiger partial charge in [-0.05, 0) is 29.7 Å². The van der Waals surface area contributed by atoms with E-state index in [-0.39, 0.29) is 16.0 Å². The van der Waals surface area contributed by atoms with Gasteiger partial charge >= 0.3 is 0 Å². The molecule has 0 aliphatic rings. The maximum absolute atomic E-state index is 13.8. The Morgan fingerprint density at radius 2 is 1.89 bits per heavy atom. The van der Waals surface area contributed by atoms with Gasteiger partial charge in [-0.25, -0.2) is 4.39 Å². The number of aliphatic hydroxyl groups is 1. The molecule has 0 spiro atoms. The Morgan fingerprint density at radius 1 is 1.21 bits per heavy atom. The SMILES string of the molecule is CC(C)(C)c1ccc(C(O)c2c(F)cccc2Cl)s1. The summed E-state index contributed by atoms with van der Waals surface area (Å²) in [5.41, 5.74) is 0.160. The summed E-state index contributed by atoms with van der Waals surface area (Å²) in [5, 5.41) is 10.6. The molecule has 0 aliphatic heterocycles. The first-order valence-electron chi connectivity index (χ1n) is 6.03. The Labute approximate surface area is 121 Å². The normalized spacial score (nSPS) is 13.6. The molecule has 2 rings (SSSR count).